The van der Waals surface area contributed by atoms with Gasteiger partial charge in [0.15, 0.2) is 5.03 Å². The van der Waals surface area contributed by atoms with Crippen molar-refractivity contribution in [1.82, 2.24) is 14.3 Å². The molecule has 0 amide bonds. The third-order valence-corrected chi connectivity index (χ3v) is 11.4. The fourth-order valence-corrected chi connectivity index (χ4v) is 4.51. The van der Waals surface area contributed by atoms with E-state index in [1.807, 2.05) is 0 Å². The van der Waals surface area contributed by atoms with E-state index >= 15 is 0 Å². The third-order valence-electron chi connectivity index (χ3n) is 4.43. The highest BCUT2D eigenvalue weighted by atomic mass is 32.2. The van der Waals surface area contributed by atoms with E-state index in [9.17, 15) is 13.5 Å². The first kappa shape index (κ1) is 19.3. The Hall–Kier alpha value is -0.703. The van der Waals surface area contributed by atoms with Crippen molar-refractivity contribution in [2.45, 2.75) is 63.4 Å². The molecule has 0 aliphatic carbocycles. The summed E-state index contributed by atoms with van der Waals surface area (Å²) in [6.07, 6.45) is -0.395. The molecular weight excluding hydrogens is 318 g/mol. The predicted octanol–water partition coefficient (Wildman–Crippen LogP) is 1.30. The lowest BCUT2D eigenvalue weighted by atomic mass is 10.2. The molecule has 1 aromatic rings. The molecular formula is C14H29N3O3SSi. The van der Waals surface area contributed by atoms with Crippen LogP contribution in [0.5, 0.6) is 0 Å². The Balaban J connectivity index is 3.53. The number of rotatable bonds is 5. The standard InChI is InChI=1S/C14H29N3O3SSi/c1-10(18)9-11-12(21(19,20)17(5)6)16-13(15-11)22(7,8)14(2,3)4/h10,18H,9H2,1-8H3,(H,15,16). The van der Waals surface area contributed by atoms with Crippen LogP contribution in [0.1, 0.15) is 33.4 Å². The first-order chi connectivity index (χ1) is 9.71. The van der Waals surface area contributed by atoms with Crippen LogP contribution in [0.2, 0.25) is 18.1 Å². The minimum Gasteiger partial charge on any atom is -0.393 e. The van der Waals surface area contributed by atoms with Gasteiger partial charge < -0.3 is 10.1 Å². The number of nitrogens with one attached hydrogen (secondary N) is 1. The molecule has 0 saturated carbocycles. The van der Waals surface area contributed by atoms with E-state index in [1.165, 1.54) is 14.1 Å². The Morgan fingerprint density at radius 1 is 1.32 bits per heavy atom. The van der Waals surface area contributed by atoms with Crippen molar-refractivity contribution >= 4 is 23.5 Å². The molecule has 8 heteroatoms. The molecule has 0 spiro atoms. The van der Waals surface area contributed by atoms with Crippen molar-refractivity contribution in [3.63, 3.8) is 0 Å². The van der Waals surface area contributed by atoms with E-state index in [-0.39, 0.29) is 16.5 Å². The van der Waals surface area contributed by atoms with Crippen molar-refractivity contribution in [3.05, 3.63) is 5.69 Å². The number of imidazole rings is 1. The average molecular weight is 348 g/mol. The average Bonchev–Trinajstić information content (AvgIpc) is 2.71. The van der Waals surface area contributed by atoms with Gasteiger partial charge in [-0.05, 0) is 12.0 Å². The Kier molecular flexibility index (Phi) is 5.33. The lowest BCUT2D eigenvalue weighted by Gasteiger charge is -2.34. The number of hydrogen-bond acceptors (Lipinski definition) is 4. The van der Waals surface area contributed by atoms with Crippen molar-refractivity contribution in [3.8, 4) is 0 Å². The number of aliphatic hydroxyl groups excluding tert-OH is 1. The number of nitrogens with zero attached hydrogens (tertiary/aromatic N) is 2. The first-order valence-electron chi connectivity index (χ1n) is 7.41. The van der Waals surface area contributed by atoms with Crippen LogP contribution in [0.4, 0.5) is 0 Å². The molecule has 0 aromatic carbocycles. The molecule has 0 saturated heterocycles. The summed E-state index contributed by atoms with van der Waals surface area (Å²) in [7, 11) is -2.65. The quantitative estimate of drug-likeness (QED) is 0.786. The first-order valence-corrected chi connectivity index (χ1v) is 11.8. The second kappa shape index (κ2) is 6.07. The van der Waals surface area contributed by atoms with Gasteiger partial charge in [-0.1, -0.05) is 33.9 Å². The number of H-pyrrole nitrogens is 1. The van der Waals surface area contributed by atoms with Gasteiger partial charge in [-0.25, -0.2) is 17.7 Å². The highest BCUT2D eigenvalue weighted by Gasteiger charge is 2.41. The SMILES string of the molecule is CC(O)Cc1[nH]c([Si](C)(C)C(C)(C)C)nc1S(=O)(=O)N(C)C. The van der Waals surface area contributed by atoms with Crippen LogP contribution in [0.15, 0.2) is 5.03 Å². The molecule has 0 fully saturated rings. The van der Waals surface area contributed by atoms with E-state index in [0.717, 1.165) is 9.75 Å². The topological polar surface area (TPSA) is 86.3 Å². The molecule has 0 radical (unpaired) electrons. The number of aromatic nitrogens is 2. The largest absolute Gasteiger partial charge is 0.393 e. The summed E-state index contributed by atoms with van der Waals surface area (Å²) in [5, 5.41) is 9.74. The highest BCUT2D eigenvalue weighted by Crippen LogP contribution is 2.35. The second-order valence-electron chi connectivity index (χ2n) is 7.58. The molecule has 0 bridgehead atoms. The molecule has 2 N–H and O–H groups in total. The van der Waals surface area contributed by atoms with E-state index in [2.05, 4.69) is 43.8 Å². The van der Waals surface area contributed by atoms with Gasteiger partial charge in [0.05, 0.1) is 17.2 Å². The predicted molar refractivity (Wildman–Crippen MR) is 91.7 cm³/mol. The van der Waals surface area contributed by atoms with Gasteiger partial charge in [0, 0.05) is 20.5 Å². The summed E-state index contributed by atoms with van der Waals surface area (Å²) in [6.45, 7) is 12.4. The zero-order chi connectivity index (χ0) is 17.5. The zero-order valence-electron chi connectivity index (χ0n) is 14.9. The van der Waals surface area contributed by atoms with Gasteiger partial charge in [-0.2, -0.15) is 0 Å². The van der Waals surface area contributed by atoms with E-state index in [1.54, 1.807) is 6.92 Å². The van der Waals surface area contributed by atoms with Crippen LogP contribution in [0.25, 0.3) is 0 Å². The fourth-order valence-electron chi connectivity index (χ4n) is 1.86. The summed E-state index contributed by atoms with van der Waals surface area (Å²) >= 11 is 0. The molecule has 1 heterocycles. The normalized spacial score (nSPS) is 15.4. The summed E-state index contributed by atoms with van der Waals surface area (Å²) in [4.78, 5) is 7.67. The Morgan fingerprint density at radius 3 is 2.18 bits per heavy atom. The maximum atomic E-state index is 12.5. The zero-order valence-corrected chi connectivity index (χ0v) is 16.7. The molecule has 0 aliphatic heterocycles. The highest BCUT2D eigenvalue weighted by molar-refractivity contribution is 7.89. The minimum absolute atomic E-state index is 0.0338. The van der Waals surface area contributed by atoms with Crippen molar-refractivity contribution in [1.29, 1.82) is 0 Å². The van der Waals surface area contributed by atoms with Crippen molar-refractivity contribution in [2.24, 2.45) is 0 Å². The lowest BCUT2D eigenvalue weighted by Crippen LogP contribution is -2.51. The maximum Gasteiger partial charge on any atom is 0.261 e. The smallest absolute Gasteiger partial charge is 0.261 e. The van der Waals surface area contributed by atoms with Crippen molar-refractivity contribution < 1.29 is 13.5 Å². The fraction of sp³-hybridized carbons (Fsp3) is 0.786. The lowest BCUT2D eigenvalue weighted by molar-refractivity contribution is 0.193. The van der Waals surface area contributed by atoms with Gasteiger partial charge in [-0.15, -0.1) is 0 Å². The molecule has 1 atom stereocenters. The molecule has 1 aromatic heterocycles. The Bertz CT molecular complexity index is 628. The number of aliphatic hydroxyl groups is 1. The van der Waals surface area contributed by atoms with Crippen LogP contribution < -0.4 is 5.45 Å². The summed E-state index contributed by atoms with van der Waals surface area (Å²) in [5.74, 6) is 0. The summed E-state index contributed by atoms with van der Waals surface area (Å²) < 4.78 is 26.2. The van der Waals surface area contributed by atoms with Gasteiger partial charge in [0.2, 0.25) is 0 Å². The van der Waals surface area contributed by atoms with Crippen molar-refractivity contribution in [2.75, 3.05) is 14.1 Å². The van der Waals surface area contributed by atoms with E-state index in [0.29, 0.717) is 5.69 Å². The van der Waals surface area contributed by atoms with E-state index in [4.69, 9.17) is 0 Å². The monoisotopic (exact) mass is 347 g/mol. The summed E-state index contributed by atoms with van der Waals surface area (Å²) in [5.41, 5.74) is 1.25. The van der Waals surface area contributed by atoms with Crippen LogP contribution in [-0.2, 0) is 16.4 Å². The molecule has 6 nitrogen and oxygen atoms in total. The second-order valence-corrected chi connectivity index (χ2v) is 14.9. The number of aromatic amines is 1. The summed E-state index contributed by atoms with van der Waals surface area (Å²) in [6, 6.07) is 0. The van der Waals surface area contributed by atoms with Crippen LogP contribution in [0, 0.1) is 0 Å². The van der Waals surface area contributed by atoms with Gasteiger partial charge in [-0.3, -0.25) is 0 Å². The van der Waals surface area contributed by atoms with Gasteiger partial charge >= 0.3 is 0 Å². The van der Waals surface area contributed by atoms with Crippen LogP contribution >= 0.6 is 0 Å². The number of sulfonamides is 1. The molecule has 0 aliphatic rings. The molecule has 128 valence electrons. The van der Waals surface area contributed by atoms with E-state index < -0.39 is 24.2 Å². The Morgan fingerprint density at radius 2 is 1.82 bits per heavy atom. The molecule has 1 rings (SSSR count). The third kappa shape index (κ3) is 3.61. The Labute approximate surface area is 135 Å². The minimum atomic E-state index is -3.64. The number of hydrogen-bond donors (Lipinski definition) is 2. The molecule has 22 heavy (non-hydrogen) atoms. The van der Waals surface area contributed by atoms with Crippen LogP contribution in [0.3, 0.4) is 0 Å². The maximum absolute atomic E-state index is 12.5. The van der Waals surface area contributed by atoms with Gasteiger partial charge in [0.1, 0.15) is 8.07 Å². The van der Waals surface area contributed by atoms with Gasteiger partial charge in [0.25, 0.3) is 10.0 Å². The molecule has 1 unspecified atom stereocenters. The van der Waals surface area contributed by atoms with Crippen LogP contribution in [-0.4, -0.2) is 56.1 Å².